The smallest absolute Gasteiger partial charge is 0.323 e. The third-order valence-electron chi connectivity index (χ3n) is 5.67. The van der Waals surface area contributed by atoms with Gasteiger partial charge in [0.15, 0.2) is 5.95 Å². The van der Waals surface area contributed by atoms with Gasteiger partial charge in [-0.3, -0.25) is 9.59 Å². The minimum atomic E-state index is -4.14. The summed E-state index contributed by atoms with van der Waals surface area (Å²) in [5.74, 6) is -1.29. The number of hydrogen-bond donors (Lipinski definition) is 5. The number of imidazole rings is 1. The van der Waals surface area contributed by atoms with Crippen LogP contribution in [-0.2, 0) is 24.4 Å². The molecule has 0 aliphatic carbocycles. The zero-order chi connectivity index (χ0) is 26.3. The number of hydrogen-bond acceptors (Lipinski definition) is 8. The molecule has 1 aromatic heterocycles. The number of carbonyl (C=O) groups excluding carboxylic acids is 1. The molecular weight excluding hydrogens is 488 g/mol. The first kappa shape index (κ1) is 27.1. The van der Waals surface area contributed by atoms with Gasteiger partial charge in [-0.05, 0) is 51.2 Å². The molecule has 0 saturated heterocycles. The zero-order valence-corrected chi connectivity index (χ0v) is 21.3. The van der Waals surface area contributed by atoms with Crippen molar-refractivity contribution in [3.8, 4) is 0 Å². The predicted octanol–water partition coefficient (Wildman–Crippen LogP) is 1.61. The molecule has 12 nitrogen and oxygen atoms in total. The van der Waals surface area contributed by atoms with Gasteiger partial charge in [0.05, 0.1) is 4.90 Å². The highest BCUT2D eigenvalue weighted by molar-refractivity contribution is 7.89. The van der Waals surface area contributed by atoms with E-state index in [1.165, 1.54) is 0 Å². The van der Waals surface area contributed by atoms with Crippen molar-refractivity contribution in [1.82, 2.24) is 20.0 Å². The van der Waals surface area contributed by atoms with Crippen molar-refractivity contribution in [2.24, 2.45) is 5.16 Å². The van der Waals surface area contributed by atoms with Gasteiger partial charge < -0.3 is 25.6 Å². The molecule has 196 valence electrons. The number of carbonyl (C=O) groups is 2. The number of H-pyrrole nitrogens is 1. The lowest BCUT2D eigenvalue weighted by Gasteiger charge is -2.18. The fourth-order valence-electron chi connectivity index (χ4n) is 4.10. The molecule has 2 heterocycles. The second-order valence-corrected chi connectivity index (χ2v) is 10.4. The molecule has 13 heteroatoms. The third-order valence-corrected chi connectivity index (χ3v) is 7.45. The zero-order valence-electron chi connectivity index (χ0n) is 20.5. The van der Waals surface area contributed by atoms with Crippen molar-refractivity contribution in [2.75, 3.05) is 18.4 Å². The Bertz CT molecular complexity index is 1190. The lowest BCUT2D eigenvalue weighted by Crippen LogP contribution is -2.49. The average Bonchev–Trinajstić information content (AvgIpc) is 3.47. The second kappa shape index (κ2) is 12.0. The summed E-state index contributed by atoms with van der Waals surface area (Å²) in [7, 11) is -4.14. The molecule has 5 N–H and O–H groups in total. The van der Waals surface area contributed by atoms with Gasteiger partial charge in [-0.1, -0.05) is 22.9 Å². The minimum Gasteiger partial charge on any atom is -0.480 e. The first-order valence-electron chi connectivity index (χ1n) is 11.6. The van der Waals surface area contributed by atoms with Crippen LogP contribution in [0.4, 0.5) is 5.95 Å². The number of nitrogens with zero attached hydrogens (tertiary/aromatic N) is 2. The monoisotopic (exact) mass is 520 g/mol. The van der Waals surface area contributed by atoms with E-state index in [9.17, 15) is 23.1 Å². The number of aryl methyl sites for hydroxylation is 3. The number of anilines is 1. The van der Waals surface area contributed by atoms with E-state index in [1.807, 2.05) is 6.92 Å². The molecule has 36 heavy (non-hydrogen) atoms. The van der Waals surface area contributed by atoms with Gasteiger partial charge in [0.25, 0.3) is 5.91 Å². The average molecular weight is 521 g/mol. The number of benzene rings is 1. The maximum Gasteiger partial charge on any atom is 0.323 e. The summed E-state index contributed by atoms with van der Waals surface area (Å²) in [6.07, 6.45) is 5.88. The number of carboxylic acid groups (broad SMARTS) is 1. The third kappa shape index (κ3) is 7.28. The molecule has 2 aromatic rings. The maximum atomic E-state index is 12.9. The van der Waals surface area contributed by atoms with E-state index in [-0.39, 0.29) is 16.7 Å². The highest BCUT2D eigenvalue weighted by atomic mass is 32.2. The Morgan fingerprint density at radius 2 is 1.94 bits per heavy atom. The van der Waals surface area contributed by atoms with Crippen LogP contribution in [0.1, 0.15) is 42.4 Å². The van der Waals surface area contributed by atoms with Crippen LogP contribution < -0.4 is 15.4 Å². The summed E-state index contributed by atoms with van der Waals surface area (Å²) < 4.78 is 28.0. The van der Waals surface area contributed by atoms with Crippen LogP contribution in [-0.4, -0.2) is 66.3 Å². The lowest BCUT2D eigenvalue weighted by atomic mass is 10.1. The Balaban J connectivity index is 1.46. The standard InChI is InChI=1S/C23H32N6O6S/c1-14-10-15(2)20(16(3)11-14)36(33,34)29-19(22(31)32)13-27-21(30)18-12-17(35-28-18)6-4-5-7-24-23-25-8-9-26-23/h8-11,17,19,29H,4-7,12-13H2,1-3H3,(H,27,30)(H,31,32)(H2,24,25,26)/t17-,19-/m0/s1. The number of aliphatic carboxylic acids is 1. The molecule has 3 rings (SSSR count). The summed E-state index contributed by atoms with van der Waals surface area (Å²) in [5.41, 5.74) is 2.06. The Kier molecular flexibility index (Phi) is 9.04. The van der Waals surface area contributed by atoms with Crippen LogP contribution in [0.2, 0.25) is 0 Å². The minimum absolute atomic E-state index is 0.0291. The van der Waals surface area contributed by atoms with Crippen molar-refractivity contribution in [3.63, 3.8) is 0 Å². The number of carboxylic acids is 1. The Morgan fingerprint density at radius 1 is 1.22 bits per heavy atom. The van der Waals surface area contributed by atoms with Crippen molar-refractivity contribution < 1.29 is 28.0 Å². The highest BCUT2D eigenvalue weighted by Crippen LogP contribution is 2.22. The largest absolute Gasteiger partial charge is 0.480 e. The number of amides is 1. The van der Waals surface area contributed by atoms with Crippen molar-refractivity contribution in [2.45, 2.75) is 63.5 Å². The van der Waals surface area contributed by atoms with Crippen molar-refractivity contribution in [1.29, 1.82) is 0 Å². The van der Waals surface area contributed by atoms with Gasteiger partial charge in [0.1, 0.15) is 17.9 Å². The second-order valence-electron chi connectivity index (χ2n) is 8.78. The van der Waals surface area contributed by atoms with E-state index in [0.717, 1.165) is 24.9 Å². The SMILES string of the molecule is Cc1cc(C)c(S(=O)(=O)N[C@@H](CNC(=O)C2=NO[C@@H](CCCCNc3ncc[nH]3)C2)C(=O)O)c(C)c1. The lowest BCUT2D eigenvalue weighted by molar-refractivity contribution is -0.138. The Morgan fingerprint density at radius 3 is 2.58 bits per heavy atom. The van der Waals surface area contributed by atoms with Crippen LogP contribution in [0, 0.1) is 20.8 Å². The van der Waals surface area contributed by atoms with E-state index in [2.05, 4.69) is 30.5 Å². The molecule has 2 atom stereocenters. The molecule has 0 unspecified atom stereocenters. The van der Waals surface area contributed by atoms with Crippen LogP contribution in [0.3, 0.4) is 0 Å². The summed E-state index contributed by atoms with van der Waals surface area (Å²) in [6.45, 7) is 5.44. The molecule has 0 fully saturated rings. The van der Waals surface area contributed by atoms with E-state index >= 15 is 0 Å². The quantitative estimate of drug-likeness (QED) is 0.248. The van der Waals surface area contributed by atoms with Gasteiger partial charge in [0.2, 0.25) is 10.0 Å². The molecule has 1 aromatic carbocycles. The van der Waals surface area contributed by atoms with Crippen molar-refractivity contribution >= 4 is 33.6 Å². The van der Waals surface area contributed by atoms with Gasteiger partial charge in [-0.2, -0.15) is 4.72 Å². The number of sulfonamides is 1. The summed E-state index contributed by atoms with van der Waals surface area (Å²) in [5, 5.41) is 19.0. The van der Waals surface area contributed by atoms with E-state index < -0.39 is 34.5 Å². The Labute approximate surface area is 210 Å². The van der Waals surface area contributed by atoms with E-state index in [0.29, 0.717) is 29.9 Å². The van der Waals surface area contributed by atoms with Crippen molar-refractivity contribution in [3.05, 3.63) is 41.2 Å². The summed E-state index contributed by atoms with van der Waals surface area (Å²) in [6, 6.07) is 1.87. The molecule has 0 spiro atoms. The molecular formula is C23H32N6O6S. The number of rotatable bonds is 13. The maximum absolute atomic E-state index is 12.9. The number of aromatic nitrogens is 2. The number of aromatic amines is 1. The number of nitrogens with one attached hydrogen (secondary N) is 4. The van der Waals surface area contributed by atoms with Crippen LogP contribution in [0.25, 0.3) is 0 Å². The number of oxime groups is 1. The van der Waals surface area contributed by atoms with Gasteiger partial charge in [-0.25, -0.2) is 13.4 Å². The van der Waals surface area contributed by atoms with Gasteiger partial charge in [-0.15, -0.1) is 0 Å². The van der Waals surface area contributed by atoms with Crippen LogP contribution >= 0.6 is 0 Å². The first-order chi connectivity index (χ1) is 17.1. The number of unbranched alkanes of at least 4 members (excludes halogenated alkanes) is 1. The van der Waals surface area contributed by atoms with E-state index in [1.54, 1.807) is 38.4 Å². The molecule has 0 bridgehead atoms. The molecule has 1 amide bonds. The van der Waals surface area contributed by atoms with Gasteiger partial charge >= 0.3 is 5.97 Å². The highest BCUT2D eigenvalue weighted by Gasteiger charge is 2.30. The van der Waals surface area contributed by atoms with Gasteiger partial charge in [0, 0.05) is 31.9 Å². The first-order valence-corrected chi connectivity index (χ1v) is 13.1. The molecule has 1 aliphatic heterocycles. The van der Waals surface area contributed by atoms with Crippen LogP contribution in [0.15, 0.2) is 34.6 Å². The fraction of sp³-hybridized carbons (Fsp3) is 0.478. The van der Waals surface area contributed by atoms with E-state index in [4.69, 9.17) is 4.84 Å². The topological polar surface area (TPSA) is 175 Å². The molecule has 0 saturated carbocycles. The fourth-order valence-corrected chi connectivity index (χ4v) is 5.74. The normalized spacial score (nSPS) is 16.2. The summed E-state index contributed by atoms with van der Waals surface area (Å²) >= 11 is 0. The molecule has 1 aliphatic rings. The predicted molar refractivity (Wildman–Crippen MR) is 133 cm³/mol. The summed E-state index contributed by atoms with van der Waals surface area (Å²) in [4.78, 5) is 36.6. The van der Waals surface area contributed by atoms with Crippen LogP contribution in [0.5, 0.6) is 0 Å². The molecule has 0 radical (unpaired) electrons. The Hall–Kier alpha value is -3.45.